The maximum absolute atomic E-state index is 12.4. The molecule has 5 nitrogen and oxygen atoms in total. The first-order valence-corrected chi connectivity index (χ1v) is 5.71. The van der Waals surface area contributed by atoms with Crippen molar-refractivity contribution >= 4 is 23.3 Å². The average molecular weight is 297 g/mol. The Morgan fingerprint density at radius 2 is 2.05 bits per heavy atom. The van der Waals surface area contributed by atoms with Crippen molar-refractivity contribution in [1.82, 2.24) is 15.3 Å². The summed E-state index contributed by atoms with van der Waals surface area (Å²) in [6.07, 6.45) is -4.69. The minimum Gasteiger partial charge on any atom is -0.361 e. The van der Waals surface area contributed by atoms with Gasteiger partial charge in [-0.25, -0.2) is 9.97 Å². The van der Waals surface area contributed by atoms with Crippen molar-refractivity contribution in [1.29, 1.82) is 0 Å². The molecule has 2 N–H and O–H groups in total. The predicted octanol–water partition coefficient (Wildman–Crippen LogP) is 2.09. The van der Waals surface area contributed by atoms with Gasteiger partial charge in [-0.15, -0.1) is 0 Å². The second kappa shape index (κ2) is 6.05. The highest BCUT2D eigenvalue weighted by atomic mass is 35.5. The first kappa shape index (κ1) is 15.5. The fraction of sp³-hybridized carbons (Fsp3) is 0.500. The maximum atomic E-state index is 12.4. The van der Waals surface area contributed by atoms with Gasteiger partial charge in [-0.3, -0.25) is 4.79 Å². The molecule has 0 radical (unpaired) electrons. The molecule has 0 unspecified atom stereocenters. The van der Waals surface area contributed by atoms with Crippen molar-refractivity contribution in [3.05, 3.63) is 17.0 Å². The molecule has 0 aromatic carbocycles. The highest BCUT2D eigenvalue weighted by Gasteiger charge is 2.35. The minimum absolute atomic E-state index is 0.0611. The fourth-order valence-electron chi connectivity index (χ4n) is 1.18. The average Bonchev–Trinajstić information content (AvgIpc) is 2.23. The van der Waals surface area contributed by atoms with Crippen LogP contribution in [0.1, 0.15) is 19.7 Å². The first-order chi connectivity index (χ1) is 8.68. The molecular weight excluding hydrogens is 285 g/mol. The van der Waals surface area contributed by atoms with Gasteiger partial charge < -0.3 is 10.6 Å². The number of halogens is 4. The summed E-state index contributed by atoms with van der Waals surface area (Å²) in [5.74, 6) is -1.88. The second-order valence-corrected chi connectivity index (χ2v) is 4.36. The lowest BCUT2D eigenvalue weighted by Gasteiger charge is -2.11. The van der Waals surface area contributed by atoms with Crippen LogP contribution in [-0.2, 0) is 11.0 Å². The Bertz CT molecular complexity index is 465. The van der Waals surface area contributed by atoms with E-state index in [9.17, 15) is 18.0 Å². The Balaban J connectivity index is 2.74. The van der Waals surface area contributed by atoms with Crippen molar-refractivity contribution in [2.75, 3.05) is 11.9 Å². The van der Waals surface area contributed by atoms with Crippen molar-refractivity contribution in [2.45, 2.75) is 26.1 Å². The largest absolute Gasteiger partial charge is 0.451 e. The number of aromatic nitrogens is 2. The number of anilines is 1. The molecule has 1 rings (SSSR count). The highest BCUT2D eigenvalue weighted by Crippen LogP contribution is 2.28. The Labute approximate surface area is 112 Å². The lowest BCUT2D eigenvalue weighted by atomic mass is 10.4. The summed E-state index contributed by atoms with van der Waals surface area (Å²) in [5.41, 5.74) is 0. The van der Waals surface area contributed by atoms with E-state index in [2.05, 4.69) is 20.6 Å². The molecule has 1 amide bonds. The van der Waals surface area contributed by atoms with Gasteiger partial charge in [0.2, 0.25) is 11.7 Å². The van der Waals surface area contributed by atoms with Gasteiger partial charge in [0.05, 0.1) is 6.54 Å². The number of alkyl halides is 3. The summed E-state index contributed by atoms with van der Waals surface area (Å²) in [5, 5.41) is 4.68. The zero-order chi connectivity index (χ0) is 14.6. The highest BCUT2D eigenvalue weighted by molar-refractivity contribution is 6.29. The number of rotatable bonds is 4. The van der Waals surface area contributed by atoms with Gasteiger partial charge in [-0.05, 0) is 13.8 Å². The van der Waals surface area contributed by atoms with Gasteiger partial charge in [-0.1, -0.05) is 11.6 Å². The molecule has 0 saturated heterocycles. The Morgan fingerprint density at radius 1 is 1.42 bits per heavy atom. The van der Waals surface area contributed by atoms with Gasteiger partial charge in [0.1, 0.15) is 11.0 Å². The number of nitrogens with zero attached hydrogens (tertiary/aromatic N) is 2. The molecular formula is C10H12ClF3N4O. The molecule has 106 valence electrons. The Hall–Kier alpha value is -1.57. The molecule has 9 heteroatoms. The number of carbonyl (C=O) groups excluding carboxylic acids is 1. The molecule has 0 bridgehead atoms. The third-order valence-corrected chi connectivity index (χ3v) is 2.02. The molecule has 1 aromatic rings. The van der Waals surface area contributed by atoms with E-state index in [0.29, 0.717) is 0 Å². The van der Waals surface area contributed by atoms with Crippen LogP contribution in [0.15, 0.2) is 6.07 Å². The first-order valence-electron chi connectivity index (χ1n) is 5.33. The molecule has 1 heterocycles. The molecule has 0 aliphatic rings. The van der Waals surface area contributed by atoms with Gasteiger partial charge in [-0.2, -0.15) is 13.2 Å². The van der Waals surface area contributed by atoms with Crippen LogP contribution in [0.2, 0.25) is 5.15 Å². The number of amides is 1. The molecule has 0 aliphatic heterocycles. The van der Waals surface area contributed by atoms with E-state index in [0.717, 1.165) is 6.07 Å². The van der Waals surface area contributed by atoms with E-state index in [-0.39, 0.29) is 29.5 Å². The summed E-state index contributed by atoms with van der Waals surface area (Å²) in [7, 11) is 0. The number of nitrogens with one attached hydrogen (secondary N) is 2. The molecule has 0 aliphatic carbocycles. The lowest BCUT2D eigenvalue weighted by Crippen LogP contribution is -2.35. The topological polar surface area (TPSA) is 66.9 Å². The van der Waals surface area contributed by atoms with E-state index >= 15 is 0 Å². The quantitative estimate of drug-likeness (QED) is 0.835. The molecule has 0 saturated carbocycles. The van der Waals surface area contributed by atoms with Gasteiger partial charge in [0, 0.05) is 12.1 Å². The summed E-state index contributed by atoms with van der Waals surface area (Å²) in [6, 6.07) is 1.05. The Morgan fingerprint density at radius 3 is 2.58 bits per heavy atom. The van der Waals surface area contributed by atoms with Crippen LogP contribution in [0.4, 0.5) is 19.0 Å². The maximum Gasteiger partial charge on any atom is 0.451 e. The normalized spacial score (nSPS) is 11.5. The third-order valence-electron chi connectivity index (χ3n) is 1.83. The number of carbonyl (C=O) groups is 1. The summed E-state index contributed by atoms with van der Waals surface area (Å²) in [4.78, 5) is 17.6. The molecule has 0 fully saturated rings. The lowest BCUT2D eigenvalue weighted by molar-refractivity contribution is -0.144. The predicted molar refractivity (Wildman–Crippen MR) is 63.8 cm³/mol. The summed E-state index contributed by atoms with van der Waals surface area (Å²) >= 11 is 5.46. The summed E-state index contributed by atoms with van der Waals surface area (Å²) in [6.45, 7) is 3.32. The van der Waals surface area contributed by atoms with Crippen LogP contribution < -0.4 is 10.6 Å². The third kappa shape index (κ3) is 5.29. The molecule has 19 heavy (non-hydrogen) atoms. The second-order valence-electron chi connectivity index (χ2n) is 3.97. The Kier molecular flexibility index (Phi) is 4.93. The zero-order valence-corrected chi connectivity index (χ0v) is 10.9. The van der Waals surface area contributed by atoms with E-state index in [1.165, 1.54) is 0 Å². The smallest absolute Gasteiger partial charge is 0.361 e. The molecule has 1 aromatic heterocycles. The van der Waals surface area contributed by atoms with Crippen LogP contribution in [0, 0.1) is 0 Å². The van der Waals surface area contributed by atoms with Crippen LogP contribution in [-0.4, -0.2) is 28.5 Å². The number of hydrogen-bond acceptors (Lipinski definition) is 4. The van der Waals surface area contributed by atoms with Crippen LogP contribution in [0.3, 0.4) is 0 Å². The van der Waals surface area contributed by atoms with Crippen molar-refractivity contribution in [2.24, 2.45) is 0 Å². The van der Waals surface area contributed by atoms with Crippen LogP contribution in [0.5, 0.6) is 0 Å². The molecule has 0 atom stereocenters. The zero-order valence-electron chi connectivity index (χ0n) is 10.2. The monoisotopic (exact) mass is 296 g/mol. The van der Waals surface area contributed by atoms with Crippen molar-refractivity contribution in [3.8, 4) is 0 Å². The van der Waals surface area contributed by atoms with Crippen molar-refractivity contribution < 1.29 is 18.0 Å². The van der Waals surface area contributed by atoms with Crippen LogP contribution in [0.25, 0.3) is 0 Å². The van der Waals surface area contributed by atoms with E-state index in [1.807, 2.05) is 0 Å². The van der Waals surface area contributed by atoms with Gasteiger partial charge in [0.25, 0.3) is 0 Å². The number of hydrogen-bond donors (Lipinski definition) is 2. The fourth-order valence-corrected chi connectivity index (χ4v) is 1.36. The van der Waals surface area contributed by atoms with Gasteiger partial charge in [0.15, 0.2) is 0 Å². The standard InChI is InChI=1S/C10H12ClF3N4O/c1-5(2)16-8(19)4-15-7-3-6(11)17-9(18-7)10(12,13)14/h3,5H,4H2,1-2H3,(H,16,19)(H,15,17,18). The van der Waals surface area contributed by atoms with E-state index in [4.69, 9.17) is 11.6 Å². The van der Waals surface area contributed by atoms with E-state index in [1.54, 1.807) is 13.8 Å². The van der Waals surface area contributed by atoms with Crippen LogP contribution >= 0.6 is 11.6 Å². The molecule has 0 spiro atoms. The van der Waals surface area contributed by atoms with E-state index < -0.39 is 12.0 Å². The minimum atomic E-state index is -4.69. The van der Waals surface area contributed by atoms with Gasteiger partial charge >= 0.3 is 6.18 Å². The van der Waals surface area contributed by atoms with Crippen molar-refractivity contribution in [3.63, 3.8) is 0 Å². The summed E-state index contributed by atoms with van der Waals surface area (Å²) < 4.78 is 37.3. The SMILES string of the molecule is CC(C)NC(=O)CNc1cc(Cl)nc(C(F)(F)F)n1.